The molecule has 0 fully saturated rings. The molecule has 0 amide bonds. The predicted molar refractivity (Wildman–Crippen MR) is 82.0 cm³/mol. The lowest BCUT2D eigenvalue weighted by Crippen LogP contribution is -1.96. The lowest BCUT2D eigenvalue weighted by Gasteiger charge is -2.00. The van der Waals surface area contributed by atoms with Crippen LogP contribution < -0.4 is 5.73 Å². The first-order chi connectivity index (χ1) is 9.00. The van der Waals surface area contributed by atoms with Gasteiger partial charge >= 0.3 is 0 Å². The predicted octanol–water partition coefficient (Wildman–Crippen LogP) is 3.23. The van der Waals surface area contributed by atoms with E-state index < -0.39 is 0 Å². The quantitative estimate of drug-likeness (QED) is 0.748. The van der Waals surface area contributed by atoms with Gasteiger partial charge in [0.1, 0.15) is 5.82 Å². The van der Waals surface area contributed by atoms with Crippen molar-refractivity contribution in [3.05, 3.63) is 34.4 Å². The van der Waals surface area contributed by atoms with Crippen LogP contribution in [-0.2, 0) is 14.1 Å². The third-order valence-electron chi connectivity index (χ3n) is 3.63. The van der Waals surface area contributed by atoms with Crippen LogP contribution in [0, 0.1) is 6.92 Å². The molecule has 0 atom stereocenters. The largest absolute Gasteiger partial charge is 0.384 e. The molecular weight excluding hydrogens is 304 g/mol. The summed E-state index contributed by atoms with van der Waals surface area (Å²) in [6.45, 7) is 2.10. The first-order valence-electron chi connectivity index (χ1n) is 6.04. The minimum absolute atomic E-state index is 0.668. The highest BCUT2D eigenvalue weighted by molar-refractivity contribution is 9.10. The summed E-state index contributed by atoms with van der Waals surface area (Å²) in [5.41, 5.74) is 10.3. The zero-order chi connectivity index (χ0) is 13.7. The summed E-state index contributed by atoms with van der Waals surface area (Å²) in [7, 11) is 3.92. The van der Waals surface area contributed by atoms with E-state index in [1.807, 2.05) is 19.2 Å². The Bertz CT molecular complexity index is 763. The smallest absolute Gasteiger partial charge is 0.121 e. The van der Waals surface area contributed by atoms with E-state index in [1.165, 1.54) is 16.6 Å². The van der Waals surface area contributed by atoms with Gasteiger partial charge in [-0.25, -0.2) is 0 Å². The molecule has 0 bridgehead atoms. The number of para-hydroxylation sites is 1. The van der Waals surface area contributed by atoms with Crippen molar-refractivity contribution in [3.8, 4) is 11.3 Å². The van der Waals surface area contributed by atoms with E-state index in [0.29, 0.717) is 5.82 Å². The second kappa shape index (κ2) is 4.13. The first-order valence-corrected chi connectivity index (χ1v) is 6.83. The second-order valence-electron chi connectivity index (χ2n) is 4.73. The van der Waals surface area contributed by atoms with E-state index in [-0.39, 0.29) is 0 Å². The van der Waals surface area contributed by atoms with Crippen LogP contribution in [0.4, 0.5) is 5.82 Å². The number of benzene rings is 1. The van der Waals surface area contributed by atoms with Crippen molar-refractivity contribution < 1.29 is 0 Å². The molecule has 2 N–H and O–H groups in total. The molecule has 0 aliphatic carbocycles. The molecule has 5 heteroatoms. The van der Waals surface area contributed by atoms with Gasteiger partial charge in [0, 0.05) is 41.3 Å². The molecule has 1 aromatic carbocycles. The maximum Gasteiger partial charge on any atom is 0.121 e. The van der Waals surface area contributed by atoms with Crippen molar-refractivity contribution in [2.45, 2.75) is 6.92 Å². The zero-order valence-electron chi connectivity index (χ0n) is 11.1. The fraction of sp³-hybridized carbons (Fsp3) is 0.214. The van der Waals surface area contributed by atoms with Crippen LogP contribution in [-0.4, -0.2) is 14.3 Å². The molecule has 0 radical (unpaired) electrons. The number of nitrogens with zero attached hydrogens (tertiary/aromatic N) is 3. The molecule has 0 saturated heterocycles. The molecule has 0 aliphatic heterocycles. The van der Waals surface area contributed by atoms with Crippen LogP contribution in [0.5, 0.6) is 0 Å². The van der Waals surface area contributed by atoms with Crippen LogP contribution in [0.15, 0.2) is 28.7 Å². The van der Waals surface area contributed by atoms with Gasteiger partial charge in [0.15, 0.2) is 0 Å². The lowest BCUT2D eigenvalue weighted by atomic mass is 10.1. The van der Waals surface area contributed by atoms with Gasteiger partial charge in [-0.1, -0.05) is 12.1 Å². The number of nitrogens with two attached hydrogens (primary N) is 1. The maximum absolute atomic E-state index is 5.89. The molecule has 0 unspecified atom stereocenters. The standard InChI is InChI=1S/C14H15BrN4/c1-8-13(11-7-12(16)19(3)17-11)9-5-4-6-10(15)14(9)18(8)2/h4-7H,16H2,1-3H3. The summed E-state index contributed by atoms with van der Waals surface area (Å²) in [5, 5.41) is 5.68. The van der Waals surface area contributed by atoms with E-state index in [0.717, 1.165) is 15.7 Å². The maximum atomic E-state index is 5.89. The number of nitrogen functional groups attached to an aromatic ring is 1. The van der Waals surface area contributed by atoms with Crippen LogP contribution >= 0.6 is 15.9 Å². The van der Waals surface area contributed by atoms with Crippen LogP contribution in [0.1, 0.15) is 5.69 Å². The molecule has 3 aromatic rings. The van der Waals surface area contributed by atoms with Gasteiger partial charge in [0.2, 0.25) is 0 Å². The topological polar surface area (TPSA) is 48.8 Å². The molecule has 19 heavy (non-hydrogen) atoms. The Morgan fingerprint density at radius 2 is 2.00 bits per heavy atom. The monoisotopic (exact) mass is 318 g/mol. The van der Waals surface area contributed by atoms with Gasteiger partial charge in [-0.3, -0.25) is 4.68 Å². The first kappa shape index (κ1) is 12.3. The van der Waals surface area contributed by atoms with Crippen LogP contribution in [0.3, 0.4) is 0 Å². The highest BCUT2D eigenvalue weighted by Crippen LogP contribution is 2.36. The summed E-state index contributed by atoms with van der Waals surface area (Å²) < 4.78 is 4.97. The van der Waals surface area contributed by atoms with Gasteiger partial charge in [0.25, 0.3) is 0 Å². The number of fused-ring (bicyclic) bond motifs is 1. The van der Waals surface area contributed by atoms with Gasteiger partial charge in [-0.15, -0.1) is 0 Å². The van der Waals surface area contributed by atoms with Crippen LogP contribution in [0.25, 0.3) is 22.2 Å². The lowest BCUT2D eigenvalue weighted by molar-refractivity contribution is 0.782. The molecule has 2 aromatic heterocycles. The molecule has 3 rings (SSSR count). The fourth-order valence-corrected chi connectivity index (χ4v) is 3.15. The summed E-state index contributed by atoms with van der Waals surface area (Å²) in [6, 6.07) is 8.13. The average Bonchev–Trinajstić information content (AvgIpc) is 2.80. The Kier molecular flexibility index (Phi) is 2.67. The summed E-state index contributed by atoms with van der Waals surface area (Å²) in [5.74, 6) is 0.668. The summed E-state index contributed by atoms with van der Waals surface area (Å²) in [6.07, 6.45) is 0. The van der Waals surface area contributed by atoms with Crippen molar-refractivity contribution in [2.24, 2.45) is 14.1 Å². The van der Waals surface area contributed by atoms with Crippen LogP contribution in [0.2, 0.25) is 0 Å². The highest BCUT2D eigenvalue weighted by Gasteiger charge is 2.17. The number of hydrogen-bond donors (Lipinski definition) is 1. The van der Waals surface area contributed by atoms with Crippen molar-refractivity contribution in [3.63, 3.8) is 0 Å². The van der Waals surface area contributed by atoms with Crippen molar-refractivity contribution in [2.75, 3.05) is 5.73 Å². The Morgan fingerprint density at radius 1 is 1.26 bits per heavy atom. The minimum Gasteiger partial charge on any atom is -0.384 e. The normalized spacial score (nSPS) is 11.4. The third kappa shape index (κ3) is 1.69. The van der Waals surface area contributed by atoms with Gasteiger partial charge < -0.3 is 10.3 Å². The SMILES string of the molecule is Cc1c(-c2cc(N)n(C)n2)c2cccc(Br)c2n1C. The Balaban J connectivity index is 2.41. The highest BCUT2D eigenvalue weighted by atomic mass is 79.9. The number of hydrogen-bond acceptors (Lipinski definition) is 2. The summed E-state index contributed by atoms with van der Waals surface area (Å²) >= 11 is 3.62. The fourth-order valence-electron chi connectivity index (χ4n) is 2.52. The number of rotatable bonds is 1. The van der Waals surface area contributed by atoms with E-state index in [1.54, 1.807) is 4.68 Å². The molecule has 2 heterocycles. The minimum atomic E-state index is 0.668. The third-order valence-corrected chi connectivity index (χ3v) is 4.27. The number of aromatic nitrogens is 3. The Hall–Kier alpha value is -1.75. The van der Waals surface area contributed by atoms with Crippen molar-refractivity contribution >= 4 is 32.7 Å². The molecule has 0 aliphatic rings. The van der Waals surface area contributed by atoms with E-state index in [4.69, 9.17) is 5.73 Å². The van der Waals surface area contributed by atoms with E-state index >= 15 is 0 Å². The van der Waals surface area contributed by atoms with Crippen molar-refractivity contribution in [1.29, 1.82) is 0 Å². The number of anilines is 1. The molecule has 4 nitrogen and oxygen atoms in total. The molecular formula is C14H15BrN4. The Morgan fingerprint density at radius 3 is 2.63 bits per heavy atom. The number of aryl methyl sites for hydroxylation is 2. The Labute approximate surface area is 119 Å². The van der Waals surface area contributed by atoms with E-state index in [9.17, 15) is 0 Å². The zero-order valence-corrected chi connectivity index (χ0v) is 12.7. The van der Waals surface area contributed by atoms with Gasteiger partial charge in [-0.05, 0) is 28.9 Å². The average molecular weight is 319 g/mol. The molecule has 0 spiro atoms. The second-order valence-corrected chi connectivity index (χ2v) is 5.59. The number of halogens is 1. The molecule has 0 saturated carbocycles. The summed E-state index contributed by atoms with van der Waals surface area (Å²) in [4.78, 5) is 0. The van der Waals surface area contributed by atoms with E-state index in [2.05, 4.69) is 51.7 Å². The molecule has 98 valence electrons. The van der Waals surface area contributed by atoms with Gasteiger partial charge in [-0.2, -0.15) is 5.10 Å². The van der Waals surface area contributed by atoms with Crippen molar-refractivity contribution in [1.82, 2.24) is 14.3 Å². The van der Waals surface area contributed by atoms with Gasteiger partial charge in [0.05, 0.1) is 11.2 Å².